The first-order valence-corrected chi connectivity index (χ1v) is 10.8. The number of fused-ring (bicyclic) bond motifs is 1. The summed E-state index contributed by atoms with van der Waals surface area (Å²) in [6, 6.07) is 10.7. The Bertz CT molecular complexity index is 1320. The van der Waals surface area contributed by atoms with E-state index in [4.69, 9.17) is 14.2 Å². The van der Waals surface area contributed by atoms with Crippen LogP contribution in [-0.4, -0.2) is 47.2 Å². The third-order valence-corrected chi connectivity index (χ3v) is 5.95. The molecule has 33 heavy (non-hydrogen) atoms. The van der Waals surface area contributed by atoms with Gasteiger partial charge in [-0.3, -0.25) is 5.43 Å². The number of methoxy groups -OCH3 is 2. The number of aromatic nitrogens is 2. The van der Waals surface area contributed by atoms with E-state index in [0.717, 1.165) is 5.56 Å². The fourth-order valence-corrected chi connectivity index (χ4v) is 4.42. The number of anilines is 1. The summed E-state index contributed by atoms with van der Waals surface area (Å²) in [5, 5.41) is 25.2. The molecule has 0 bridgehead atoms. The number of hydrogen-bond donors (Lipinski definition) is 3. The van der Waals surface area contributed by atoms with Crippen molar-refractivity contribution in [2.24, 2.45) is 5.10 Å². The molecule has 0 aliphatic rings. The van der Waals surface area contributed by atoms with Crippen LogP contribution in [0.5, 0.6) is 28.7 Å². The normalized spacial score (nSPS) is 11.1. The van der Waals surface area contributed by atoms with Crippen LogP contribution < -0.4 is 19.6 Å². The highest BCUT2D eigenvalue weighted by molar-refractivity contribution is 7.23. The smallest absolute Gasteiger partial charge is 0.203 e. The van der Waals surface area contributed by atoms with Crippen LogP contribution in [0.2, 0.25) is 0 Å². The van der Waals surface area contributed by atoms with Crippen molar-refractivity contribution in [3.63, 3.8) is 0 Å². The highest BCUT2D eigenvalue weighted by atomic mass is 32.1. The molecule has 4 aromatic rings. The summed E-state index contributed by atoms with van der Waals surface area (Å²) in [5.41, 5.74) is 4.66. The zero-order valence-electron chi connectivity index (χ0n) is 18.2. The Morgan fingerprint density at radius 2 is 1.91 bits per heavy atom. The molecule has 0 radical (unpaired) electrons. The van der Waals surface area contributed by atoms with Crippen molar-refractivity contribution >= 4 is 33.6 Å². The fourth-order valence-electron chi connectivity index (χ4n) is 3.30. The molecule has 0 atom stereocenters. The van der Waals surface area contributed by atoms with Crippen LogP contribution in [0.25, 0.3) is 20.7 Å². The Morgan fingerprint density at radius 3 is 2.67 bits per heavy atom. The van der Waals surface area contributed by atoms with Gasteiger partial charge in [0.1, 0.15) is 22.3 Å². The molecule has 0 amide bonds. The maximum absolute atomic E-state index is 10.8. The van der Waals surface area contributed by atoms with Gasteiger partial charge in [-0.05, 0) is 31.2 Å². The summed E-state index contributed by atoms with van der Waals surface area (Å²) >= 11 is 1.34. The number of aromatic hydroxyl groups is 2. The number of thiophene rings is 1. The number of nitrogens with zero attached hydrogens (tertiary/aromatic N) is 3. The van der Waals surface area contributed by atoms with Gasteiger partial charge in [0.2, 0.25) is 5.75 Å². The second-order valence-electron chi connectivity index (χ2n) is 6.75. The highest BCUT2D eigenvalue weighted by Crippen LogP contribution is 2.47. The van der Waals surface area contributed by atoms with Gasteiger partial charge in [0, 0.05) is 11.1 Å². The molecule has 0 saturated heterocycles. The van der Waals surface area contributed by atoms with Gasteiger partial charge in [0.25, 0.3) is 0 Å². The molecule has 4 rings (SSSR count). The number of ether oxygens (including phenoxy) is 3. The van der Waals surface area contributed by atoms with Crippen molar-refractivity contribution < 1.29 is 24.4 Å². The number of phenols is 1. The first-order valence-electron chi connectivity index (χ1n) is 10.00. The van der Waals surface area contributed by atoms with E-state index in [2.05, 4.69) is 20.5 Å². The van der Waals surface area contributed by atoms with Crippen LogP contribution >= 0.6 is 11.3 Å². The van der Waals surface area contributed by atoms with Crippen LogP contribution in [0, 0.1) is 0 Å². The summed E-state index contributed by atoms with van der Waals surface area (Å²) in [6.07, 6.45) is 2.86. The molecular formula is C23H22N4O5S. The third-order valence-electron chi connectivity index (χ3n) is 4.74. The number of phenolic OH excluding ortho intramolecular Hbond substituents is 1. The third kappa shape index (κ3) is 4.33. The second-order valence-corrected chi connectivity index (χ2v) is 7.78. The second kappa shape index (κ2) is 9.61. The van der Waals surface area contributed by atoms with E-state index in [-0.39, 0.29) is 17.2 Å². The monoisotopic (exact) mass is 466 g/mol. The molecule has 0 saturated carbocycles. The predicted molar refractivity (Wildman–Crippen MR) is 128 cm³/mol. The SMILES string of the molecule is CCOc1ccccc1-c1sc2c(NN=Cc3cc(O)c(OC)c(OC)c3)ncnc2c1O. The van der Waals surface area contributed by atoms with Crippen molar-refractivity contribution in [3.05, 3.63) is 48.3 Å². The Labute approximate surface area is 193 Å². The lowest BCUT2D eigenvalue weighted by Gasteiger charge is -2.09. The number of rotatable bonds is 8. The molecule has 2 heterocycles. The Morgan fingerprint density at radius 1 is 1.09 bits per heavy atom. The minimum atomic E-state index is -0.0662. The molecule has 0 aliphatic heterocycles. The van der Waals surface area contributed by atoms with Gasteiger partial charge in [0.15, 0.2) is 23.1 Å². The zero-order chi connectivity index (χ0) is 23.4. The first kappa shape index (κ1) is 22.2. The summed E-state index contributed by atoms with van der Waals surface area (Å²) in [6.45, 7) is 2.42. The summed E-state index contributed by atoms with van der Waals surface area (Å²) < 4.78 is 16.7. The molecule has 10 heteroatoms. The van der Waals surface area contributed by atoms with Crippen molar-refractivity contribution in [2.75, 3.05) is 26.3 Å². The van der Waals surface area contributed by atoms with E-state index in [1.54, 1.807) is 6.07 Å². The van der Waals surface area contributed by atoms with E-state index in [1.807, 2.05) is 31.2 Å². The average Bonchev–Trinajstić information content (AvgIpc) is 3.16. The highest BCUT2D eigenvalue weighted by Gasteiger charge is 2.20. The number of benzene rings is 2. The lowest BCUT2D eigenvalue weighted by Crippen LogP contribution is -1.96. The van der Waals surface area contributed by atoms with Gasteiger partial charge < -0.3 is 24.4 Å². The Hall–Kier alpha value is -4.05. The quantitative estimate of drug-likeness (QED) is 0.254. The molecular weight excluding hydrogens is 444 g/mol. The maximum Gasteiger partial charge on any atom is 0.203 e. The largest absolute Gasteiger partial charge is 0.504 e. The van der Waals surface area contributed by atoms with Crippen molar-refractivity contribution in [1.29, 1.82) is 0 Å². The number of hydrogen-bond acceptors (Lipinski definition) is 10. The molecule has 0 aliphatic carbocycles. The van der Waals surface area contributed by atoms with Gasteiger partial charge >= 0.3 is 0 Å². The molecule has 3 N–H and O–H groups in total. The van der Waals surface area contributed by atoms with Crippen molar-refractivity contribution in [3.8, 4) is 39.2 Å². The summed E-state index contributed by atoms with van der Waals surface area (Å²) in [4.78, 5) is 9.13. The Balaban J connectivity index is 1.67. The van der Waals surface area contributed by atoms with Crippen LogP contribution in [0.15, 0.2) is 47.8 Å². The van der Waals surface area contributed by atoms with Crippen molar-refractivity contribution in [1.82, 2.24) is 9.97 Å². The first-order chi connectivity index (χ1) is 16.1. The molecule has 9 nitrogen and oxygen atoms in total. The minimum Gasteiger partial charge on any atom is -0.504 e. The standard InChI is InChI=1S/C23H22N4O5S/c1-4-32-16-8-6-5-7-14(16)21-19(29)18-22(33-21)23(25-12-24-18)27-26-11-13-9-15(28)20(31-3)17(10-13)30-2/h5-12,28-29H,4H2,1-3H3,(H,24,25,27). The van der Waals surface area contributed by atoms with E-state index in [0.29, 0.717) is 44.6 Å². The van der Waals surface area contributed by atoms with Gasteiger partial charge in [0.05, 0.1) is 31.9 Å². The predicted octanol–water partition coefficient (Wildman–Crippen LogP) is 4.63. The summed E-state index contributed by atoms with van der Waals surface area (Å²) in [5.74, 6) is 1.72. The average molecular weight is 467 g/mol. The minimum absolute atomic E-state index is 0.0568. The number of para-hydroxylation sites is 1. The van der Waals surface area contributed by atoms with Crippen molar-refractivity contribution in [2.45, 2.75) is 6.92 Å². The van der Waals surface area contributed by atoms with E-state index < -0.39 is 0 Å². The van der Waals surface area contributed by atoms with Gasteiger partial charge in [-0.2, -0.15) is 5.10 Å². The number of nitrogens with one attached hydrogen (secondary N) is 1. The molecule has 0 fully saturated rings. The van der Waals surface area contributed by atoms with E-state index >= 15 is 0 Å². The van der Waals surface area contributed by atoms with E-state index in [9.17, 15) is 10.2 Å². The molecule has 2 aromatic heterocycles. The number of hydrazone groups is 1. The van der Waals surface area contributed by atoms with E-state index in [1.165, 1.54) is 44.2 Å². The van der Waals surface area contributed by atoms with Gasteiger partial charge in [-0.15, -0.1) is 11.3 Å². The molecule has 2 aromatic carbocycles. The summed E-state index contributed by atoms with van der Waals surface area (Å²) in [7, 11) is 2.93. The Kier molecular flexibility index (Phi) is 6.45. The van der Waals surface area contributed by atoms with Crippen LogP contribution in [0.1, 0.15) is 12.5 Å². The topological polar surface area (TPSA) is 118 Å². The van der Waals surface area contributed by atoms with Crippen LogP contribution in [-0.2, 0) is 0 Å². The molecule has 170 valence electrons. The molecule has 0 spiro atoms. The van der Waals surface area contributed by atoms with Crippen LogP contribution in [0.3, 0.4) is 0 Å². The molecule has 0 unspecified atom stereocenters. The lowest BCUT2D eigenvalue weighted by atomic mass is 10.1. The van der Waals surface area contributed by atoms with Gasteiger partial charge in [-0.25, -0.2) is 9.97 Å². The van der Waals surface area contributed by atoms with Crippen LogP contribution in [0.4, 0.5) is 5.82 Å². The van der Waals surface area contributed by atoms with Gasteiger partial charge in [-0.1, -0.05) is 12.1 Å². The fraction of sp³-hybridized carbons (Fsp3) is 0.174. The maximum atomic E-state index is 10.8. The zero-order valence-corrected chi connectivity index (χ0v) is 19.0. The lowest BCUT2D eigenvalue weighted by molar-refractivity contribution is 0.333.